The van der Waals surface area contributed by atoms with Crippen molar-refractivity contribution in [3.05, 3.63) is 0 Å². The van der Waals surface area contributed by atoms with Crippen LogP contribution in [0, 0.1) is 17.8 Å². The third-order valence-corrected chi connectivity index (χ3v) is 3.33. The quantitative estimate of drug-likeness (QED) is 0.562. The van der Waals surface area contributed by atoms with Crippen LogP contribution in [0.15, 0.2) is 0 Å². The predicted octanol–water partition coefficient (Wildman–Crippen LogP) is 4.10. The van der Waals surface area contributed by atoms with E-state index in [0.29, 0.717) is 0 Å². The van der Waals surface area contributed by atoms with E-state index in [1.165, 1.54) is 19.3 Å². The van der Waals surface area contributed by atoms with E-state index in [0.717, 1.165) is 17.8 Å². The van der Waals surface area contributed by atoms with Crippen LogP contribution in [-0.2, 0) is 0 Å². The van der Waals surface area contributed by atoms with Crippen molar-refractivity contribution in [2.75, 3.05) is 0 Å². The molecule has 0 N–H and O–H groups in total. The summed E-state index contributed by atoms with van der Waals surface area (Å²) in [7, 11) is 0. The Kier molecular flexibility index (Phi) is 5.62. The van der Waals surface area contributed by atoms with Gasteiger partial charge < -0.3 is 0 Å². The Hall–Kier alpha value is 0. The van der Waals surface area contributed by atoms with Crippen LogP contribution >= 0.6 is 0 Å². The van der Waals surface area contributed by atoms with Crippen LogP contribution in [0.25, 0.3) is 0 Å². The molecule has 0 aliphatic rings. The van der Waals surface area contributed by atoms with Crippen LogP contribution in [0.4, 0.5) is 0 Å². The molecule has 0 saturated heterocycles. The Morgan fingerprint density at radius 1 is 0.818 bits per heavy atom. The summed E-state index contributed by atoms with van der Waals surface area (Å²) in [5, 5.41) is 0. The summed E-state index contributed by atoms with van der Waals surface area (Å²) in [5.41, 5.74) is 0. The molecule has 0 aromatic rings. The van der Waals surface area contributed by atoms with Gasteiger partial charge in [0, 0.05) is 0 Å². The lowest BCUT2D eigenvalue weighted by atomic mass is 9.80. The topological polar surface area (TPSA) is 0 Å². The van der Waals surface area contributed by atoms with Gasteiger partial charge in [-0.2, -0.15) is 0 Å². The van der Waals surface area contributed by atoms with Gasteiger partial charge in [0.2, 0.25) is 0 Å². The number of hydrogen-bond donors (Lipinski definition) is 0. The summed E-state index contributed by atoms with van der Waals surface area (Å²) in [4.78, 5) is 0. The molecule has 0 aliphatic carbocycles. The van der Waals surface area contributed by atoms with Gasteiger partial charge in [-0.15, -0.1) is 0 Å². The average molecular weight is 156 g/mol. The monoisotopic (exact) mass is 156 g/mol. The predicted molar refractivity (Wildman–Crippen MR) is 52.7 cm³/mol. The zero-order chi connectivity index (χ0) is 8.85. The highest BCUT2D eigenvalue weighted by molar-refractivity contribution is 4.68. The van der Waals surface area contributed by atoms with Crippen LogP contribution in [0.1, 0.15) is 53.9 Å². The normalized spacial score (nSPS) is 16.9. The summed E-state index contributed by atoms with van der Waals surface area (Å²) in [6.45, 7) is 11.7. The van der Waals surface area contributed by atoms with Crippen molar-refractivity contribution in [3.8, 4) is 0 Å². The first-order valence-corrected chi connectivity index (χ1v) is 5.17. The Morgan fingerprint density at radius 3 is 1.55 bits per heavy atom. The van der Waals surface area contributed by atoms with Crippen LogP contribution < -0.4 is 0 Å². The molecule has 0 saturated carbocycles. The molecule has 0 nitrogen and oxygen atoms in total. The molecule has 0 aromatic carbocycles. The maximum atomic E-state index is 2.41. The maximum Gasteiger partial charge on any atom is -0.0389 e. The van der Waals surface area contributed by atoms with Crippen molar-refractivity contribution in [2.24, 2.45) is 17.8 Å². The lowest BCUT2D eigenvalue weighted by molar-refractivity contribution is 0.243. The zero-order valence-electron chi connectivity index (χ0n) is 8.85. The first-order valence-electron chi connectivity index (χ1n) is 5.17. The van der Waals surface area contributed by atoms with Gasteiger partial charge in [0.15, 0.2) is 0 Å². The fourth-order valence-corrected chi connectivity index (χ4v) is 1.87. The van der Waals surface area contributed by atoms with Gasteiger partial charge >= 0.3 is 0 Å². The Balaban J connectivity index is 3.86. The highest BCUT2D eigenvalue weighted by Gasteiger charge is 2.17. The molecule has 2 unspecified atom stereocenters. The summed E-state index contributed by atoms with van der Waals surface area (Å²) < 4.78 is 0. The molecule has 0 aliphatic heterocycles. The third-order valence-electron chi connectivity index (χ3n) is 3.33. The molecule has 0 radical (unpaired) electrons. The van der Waals surface area contributed by atoms with Gasteiger partial charge in [-0.3, -0.25) is 0 Å². The van der Waals surface area contributed by atoms with Crippen molar-refractivity contribution in [3.63, 3.8) is 0 Å². The van der Waals surface area contributed by atoms with Crippen LogP contribution in [0.3, 0.4) is 0 Å². The Labute approximate surface area is 72.4 Å². The van der Waals surface area contributed by atoms with Gasteiger partial charge in [-0.1, -0.05) is 53.9 Å². The van der Waals surface area contributed by atoms with Crippen LogP contribution in [0.5, 0.6) is 0 Å². The summed E-state index contributed by atoms with van der Waals surface area (Å²) >= 11 is 0. The molecule has 0 bridgehead atoms. The smallest absolute Gasteiger partial charge is 0.0389 e. The third kappa shape index (κ3) is 3.27. The van der Waals surface area contributed by atoms with E-state index in [2.05, 4.69) is 34.6 Å². The molecule has 2 atom stereocenters. The summed E-state index contributed by atoms with van der Waals surface area (Å²) in [5.74, 6) is 2.76. The minimum atomic E-state index is 0.903. The van der Waals surface area contributed by atoms with Gasteiger partial charge in [-0.25, -0.2) is 0 Å². The van der Waals surface area contributed by atoms with Crippen LogP contribution in [-0.4, -0.2) is 0 Å². The van der Waals surface area contributed by atoms with Crippen molar-refractivity contribution >= 4 is 0 Å². The molecule has 0 spiro atoms. The lowest BCUT2D eigenvalue weighted by Crippen LogP contribution is -2.17. The van der Waals surface area contributed by atoms with E-state index >= 15 is 0 Å². The second-order valence-electron chi connectivity index (χ2n) is 3.82. The molecule has 0 aromatic heterocycles. The van der Waals surface area contributed by atoms with Gasteiger partial charge in [0.25, 0.3) is 0 Å². The van der Waals surface area contributed by atoms with Gasteiger partial charge in [0.1, 0.15) is 0 Å². The van der Waals surface area contributed by atoms with E-state index in [1.54, 1.807) is 0 Å². The lowest BCUT2D eigenvalue weighted by Gasteiger charge is -2.26. The second-order valence-corrected chi connectivity index (χ2v) is 3.82. The molecule has 0 rings (SSSR count). The summed E-state index contributed by atoms with van der Waals surface area (Å²) in [6.07, 6.45) is 4.03. The van der Waals surface area contributed by atoms with E-state index in [1.807, 2.05) is 0 Å². The maximum absolute atomic E-state index is 2.41. The van der Waals surface area contributed by atoms with Crippen LogP contribution in [0.2, 0.25) is 0 Å². The molecule has 11 heavy (non-hydrogen) atoms. The Bertz CT molecular complexity index is 82.0. The van der Waals surface area contributed by atoms with E-state index in [4.69, 9.17) is 0 Å². The number of rotatable bonds is 5. The van der Waals surface area contributed by atoms with E-state index in [-0.39, 0.29) is 0 Å². The summed E-state index contributed by atoms with van der Waals surface area (Å²) in [6, 6.07) is 0. The molecular weight excluding hydrogens is 132 g/mol. The molecule has 0 amide bonds. The first-order chi connectivity index (χ1) is 5.17. The fourth-order valence-electron chi connectivity index (χ4n) is 1.87. The van der Waals surface area contributed by atoms with Crippen molar-refractivity contribution in [2.45, 2.75) is 53.9 Å². The largest absolute Gasteiger partial charge is 0.0651 e. The van der Waals surface area contributed by atoms with Crippen molar-refractivity contribution in [1.29, 1.82) is 0 Å². The van der Waals surface area contributed by atoms with Crippen molar-refractivity contribution in [1.82, 2.24) is 0 Å². The Morgan fingerprint density at radius 2 is 1.27 bits per heavy atom. The van der Waals surface area contributed by atoms with E-state index < -0.39 is 0 Å². The average Bonchev–Trinajstić information content (AvgIpc) is 2.05. The molecule has 0 fully saturated rings. The van der Waals surface area contributed by atoms with Gasteiger partial charge in [-0.05, 0) is 17.8 Å². The second kappa shape index (κ2) is 5.62. The van der Waals surface area contributed by atoms with Crippen molar-refractivity contribution < 1.29 is 0 Å². The minimum Gasteiger partial charge on any atom is -0.0651 e. The minimum absolute atomic E-state index is 0.903. The molecular formula is C11H24. The van der Waals surface area contributed by atoms with Gasteiger partial charge in [0.05, 0.1) is 0 Å². The highest BCUT2D eigenvalue weighted by atomic mass is 14.2. The SMILES string of the molecule is CCC(C)C(C)C(CC)CC. The molecule has 0 heteroatoms. The fraction of sp³-hybridized carbons (Fsp3) is 1.00. The first kappa shape index (κ1) is 11.0. The number of hydrogen-bond acceptors (Lipinski definition) is 0. The molecule has 0 heterocycles. The standard InChI is InChI=1S/C11H24/c1-6-9(4)10(5)11(7-2)8-3/h9-11H,6-8H2,1-5H3. The zero-order valence-corrected chi connectivity index (χ0v) is 8.85. The molecule has 68 valence electrons. The van der Waals surface area contributed by atoms with E-state index in [9.17, 15) is 0 Å². The highest BCUT2D eigenvalue weighted by Crippen LogP contribution is 2.27.